The lowest BCUT2D eigenvalue weighted by molar-refractivity contribution is 0.613. The molecule has 2 N–H and O–H groups in total. The minimum absolute atomic E-state index is 0.126. The predicted octanol–water partition coefficient (Wildman–Crippen LogP) is 4.21. The minimum atomic E-state index is -0.524. The Bertz CT molecular complexity index is 907. The number of hydrogen-bond acceptors (Lipinski definition) is 3. The number of nitrogen functional groups attached to an aromatic ring is 1. The summed E-state index contributed by atoms with van der Waals surface area (Å²) in [5.74, 6) is -0.915. The van der Waals surface area contributed by atoms with E-state index in [9.17, 15) is 8.78 Å². The molecule has 122 valence electrons. The molecule has 1 aromatic carbocycles. The van der Waals surface area contributed by atoms with Gasteiger partial charge in [-0.05, 0) is 42.2 Å². The Kier molecular flexibility index (Phi) is 4.25. The van der Waals surface area contributed by atoms with E-state index >= 15 is 0 Å². The maximum absolute atomic E-state index is 14.4. The van der Waals surface area contributed by atoms with Gasteiger partial charge in [0.15, 0.2) is 11.6 Å². The Morgan fingerprint density at radius 3 is 2.54 bits per heavy atom. The highest BCUT2D eigenvalue weighted by Crippen LogP contribution is 2.29. The van der Waals surface area contributed by atoms with Crippen LogP contribution in [-0.4, -0.2) is 9.97 Å². The highest BCUT2D eigenvalue weighted by molar-refractivity contribution is 5.69. The van der Waals surface area contributed by atoms with Crippen LogP contribution < -0.4 is 5.73 Å². The predicted molar refractivity (Wildman–Crippen MR) is 90.5 cm³/mol. The van der Waals surface area contributed by atoms with Gasteiger partial charge in [0.05, 0.1) is 0 Å². The van der Waals surface area contributed by atoms with E-state index in [2.05, 4.69) is 9.97 Å². The minimum Gasteiger partial charge on any atom is -0.381 e. The Labute approximate surface area is 139 Å². The summed E-state index contributed by atoms with van der Waals surface area (Å²) < 4.78 is 28.5. The fraction of sp³-hybridized carbons (Fsp3) is 0.158. The Morgan fingerprint density at radius 1 is 0.958 bits per heavy atom. The van der Waals surface area contributed by atoms with Crippen LogP contribution in [0, 0.1) is 25.5 Å². The number of anilines is 1. The second-order valence-corrected chi connectivity index (χ2v) is 5.75. The molecule has 24 heavy (non-hydrogen) atoms. The van der Waals surface area contributed by atoms with E-state index in [0.29, 0.717) is 28.7 Å². The number of nitrogens with two attached hydrogens (primary N) is 1. The summed E-state index contributed by atoms with van der Waals surface area (Å²) >= 11 is 0. The summed E-state index contributed by atoms with van der Waals surface area (Å²) in [6.07, 6.45) is 5.09. The molecule has 0 radical (unpaired) electrons. The van der Waals surface area contributed by atoms with Crippen molar-refractivity contribution in [3.8, 4) is 11.1 Å². The zero-order chi connectivity index (χ0) is 17.3. The first-order chi connectivity index (χ1) is 11.5. The van der Waals surface area contributed by atoms with E-state index in [1.54, 1.807) is 37.5 Å². The van der Waals surface area contributed by atoms with Crippen LogP contribution in [0.3, 0.4) is 0 Å². The third-order valence-corrected chi connectivity index (χ3v) is 4.18. The van der Waals surface area contributed by atoms with E-state index in [1.165, 1.54) is 6.20 Å². The molecule has 0 amide bonds. The van der Waals surface area contributed by atoms with Crippen LogP contribution in [0.4, 0.5) is 14.6 Å². The molecular weight excluding hydrogens is 308 g/mol. The van der Waals surface area contributed by atoms with Crippen molar-refractivity contribution < 1.29 is 8.78 Å². The van der Waals surface area contributed by atoms with E-state index in [-0.39, 0.29) is 11.6 Å². The van der Waals surface area contributed by atoms with Crippen LogP contribution in [0.1, 0.15) is 22.3 Å². The van der Waals surface area contributed by atoms with E-state index in [0.717, 1.165) is 11.1 Å². The Morgan fingerprint density at radius 2 is 1.75 bits per heavy atom. The van der Waals surface area contributed by atoms with Gasteiger partial charge < -0.3 is 5.73 Å². The molecule has 0 saturated heterocycles. The van der Waals surface area contributed by atoms with Crippen LogP contribution in [0.2, 0.25) is 0 Å². The van der Waals surface area contributed by atoms with Crippen LogP contribution in [0.5, 0.6) is 0 Å². The molecule has 0 atom stereocenters. The first kappa shape index (κ1) is 16.1. The summed E-state index contributed by atoms with van der Waals surface area (Å²) in [7, 11) is 0. The highest BCUT2D eigenvalue weighted by atomic mass is 19.1. The van der Waals surface area contributed by atoms with Crippen molar-refractivity contribution in [2.24, 2.45) is 0 Å². The molecule has 2 aromatic heterocycles. The molecule has 0 fully saturated rings. The summed E-state index contributed by atoms with van der Waals surface area (Å²) in [6.45, 7) is 3.61. The standard InChI is InChI=1S/C19H17F2N3/c1-11-4-3-5-15(17(11)20)16-10-23-9-14(12(16)2)8-13-6-7-24-19(22)18(13)21/h3-7,9-10H,8H2,1-2H3,(H2,22,24). The van der Waals surface area contributed by atoms with Gasteiger partial charge in [-0.15, -0.1) is 0 Å². The average Bonchev–Trinajstić information content (AvgIpc) is 2.56. The summed E-state index contributed by atoms with van der Waals surface area (Å²) in [5.41, 5.74) is 9.42. The van der Waals surface area contributed by atoms with Gasteiger partial charge in [0.2, 0.25) is 0 Å². The molecule has 3 aromatic rings. The monoisotopic (exact) mass is 325 g/mol. The summed E-state index contributed by atoms with van der Waals surface area (Å²) in [5, 5.41) is 0. The number of benzene rings is 1. The summed E-state index contributed by atoms with van der Waals surface area (Å²) in [4.78, 5) is 7.93. The number of pyridine rings is 2. The van der Waals surface area contributed by atoms with Crippen LogP contribution in [0.15, 0.2) is 42.9 Å². The van der Waals surface area contributed by atoms with Crippen LogP contribution in [-0.2, 0) is 6.42 Å². The van der Waals surface area contributed by atoms with Gasteiger partial charge in [-0.2, -0.15) is 0 Å². The van der Waals surface area contributed by atoms with Gasteiger partial charge in [0, 0.05) is 36.1 Å². The molecule has 0 saturated carbocycles. The molecule has 0 aliphatic heterocycles. The van der Waals surface area contributed by atoms with Gasteiger partial charge in [-0.25, -0.2) is 13.8 Å². The van der Waals surface area contributed by atoms with E-state index in [1.807, 2.05) is 13.0 Å². The molecule has 5 heteroatoms. The molecule has 2 heterocycles. The van der Waals surface area contributed by atoms with Gasteiger partial charge in [0.25, 0.3) is 0 Å². The zero-order valence-electron chi connectivity index (χ0n) is 13.5. The number of aryl methyl sites for hydroxylation is 1. The van der Waals surface area contributed by atoms with Gasteiger partial charge in [-0.1, -0.05) is 18.2 Å². The Hall–Kier alpha value is -2.82. The molecule has 0 unspecified atom stereocenters. The topological polar surface area (TPSA) is 51.8 Å². The SMILES string of the molecule is Cc1cccc(-c2cncc(Cc3ccnc(N)c3F)c2C)c1F. The van der Waals surface area contributed by atoms with Crippen molar-refractivity contribution in [3.63, 3.8) is 0 Å². The van der Waals surface area contributed by atoms with Crippen molar-refractivity contribution in [2.75, 3.05) is 5.73 Å². The summed E-state index contributed by atoms with van der Waals surface area (Å²) in [6, 6.07) is 6.84. The second-order valence-electron chi connectivity index (χ2n) is 5.75. The fourth-order valence-electron chi connectivity index (χ4n) is 2.72. The maximum Gasteiger partial charge on any atom is 0.168 e. The number of hydrogen-bond donors (Lipinski definition) is 1. The van der Waals surface area contributed by atoms with Gasteiger partial charge in [-0.3, -0.25) is 4.98 Å². The maximum atomic E-state index is 14.4. The Balaban J connectivity index is 2.06. The third-order valence-electron chi connectivity index (χ3n) is 4.18. The van der Waals surface area contributed by atoms with Crippen molar-refractivity contribution in [3.05, 3.63) is 76.7 Å². The van der Waals surface area contributed by atoms with Crippen LogP contribution in [0.25, 0.3) is 11.1 Å². The molecular formula is C19H17F2N3. The molecule has 3 rings (SSSR count). The molecule has 0 aliphatic carbocycles. The van der Waals surface area contributed by atoms with Gasteiger partial charge in [0.1, 0.15) is 5.82 Å². The number of halogens is 2. The number of nitrogens with zero attached hydrogens (tertiary/aromatic N) is 2. The van der Waals surface area contributed by atoms with Crippen molar-refractivity contribution in [2.45, 2.75) is 20.3 Å². The van der Waals surface area contributed by atoms with Crippen molar-refractivity contribution >= 4 is 5.82 Å². The third kappa shape index (κ3) is 2.85. The normalized spacial score (nSPS) is 10.8. The molecule has 0 bridgehead atoms. The van der Waals surface area contributed by atoms with Crippen molar-refractivity contribution in [1.82, 2.24) is 9.97 Å². The van der Waals surface area contributed by atoms with E-state index < -0.39 is 5.82 Å². The smallest absolute Gasteiger partial charge is 0.168 e. The van der Waals surface area contributed by atoms with E-state index in [4.69, 9.17) is 5.73 Å². The lowest BCUT2D eigenvalue weighted by Crippen LogP contribution is -2.03. The quantitative estimate of drug-likeness (QED) is 0.785. The molecule has 0 aliphatic rings. The first-order valence-corrected chi connectivity index (χ1v) is 7.57. The van der Waals surface area contributed by atoms with Crippen molar-refractivity contribution in [1.29, 1.82) is 0 Å². The second kappa shape index (κ2) is 6.35. The van der Waals surface area contributed by atoms with Gasteiger partial charge >= 0.3 is 0 Å². The fourth-order valence-corrected chi connectivity index (χ4v) is 2.72. The van der Waals surface area contributed by atoms with Crippen LogP contribution >= 0.6 is 0 Å². The largest absolute Gasteiger partial charge is 0.381 e. The average molecular weight is 325 g/mol. The number of aromatic nitrogens is 2. The lowest BCUT2D eigenvalue weighted by atomic mass is 9.94. The number of rotatable bonds is 3. The molecule has 3 nitrogen and oxygen atoms in total. The highest BCUT2D eigenvalue weighted by Gasteiger charge is 2.14. The zero-order valence-corrected chi connectivity index (χ0v) is 13.5. The first-order valence-electron chi connectivity index (χ1n) is 7.57. The lowest BCUT2D eigenvalue weighted by Gasteiger charge is -2.13. The molecule has 0 spiro atoms.